The maximum atomic E-state index is 12.1. The van der Waals surface area contributed by atoms with Crippen molar-refractivity contribution in [3.8, 4) is 11.5 Å². The molecule has 1 atom stereocenters. The molecule has 0 saturated carbocycles. The minimum absolute atomic E-state index is 0.0680. The SMILES string of the molecule is CCC(C)NC(=O)CCN(c1ccc2c(c1)OCCO2)S(C)(=O)=O. The van der Waals surface area contributed by atoms with Crippen molar-refractivity contribution < 1.29 is 22.7 Å². The number of anilines is 1. The lowest BCUT2D eigenvalue weighted by Gasteiger charge is -2.25. The smallest absolute Gasteiger partial charge is 0.232 e. The minimum atomic E-state index is -3.52. The molecule has 0 aliphatic carbocycles. The predicted molar refractivity (Wildman–Crippen MR) is 92.1 cm³/mol. The van der Waals surface area contributed by atoms with Crippen molar-refractivity contribution >= 4 is 21.6 Å². The Morgan fingerprint density at radius 1 is 1.29 bits per heavy atom. The Morgan fingerprint density at radius 2 is 1.96 bits per heavy atom. The predicted octanol–water partition coefficient (Wildman–Crippen LogP) is 1.53. The highest BCUT2D eigenvalue weighted by molar-refractivity contribution is 7.92. The van der Waals surface area contributed by atoms with Gasteiger partial charge in [-0.15, -0.1) is 0 Å². The maximum Gasteiger partial charge on any atom is 0.232 e. The van der Waals surface area contributed by atoms with Crippen molar-refractivity contribution in [3.63, 3.8) is 0 Å². The molecule has 1 aliphatic heterocycles. The third-order valence-corrected chi connectivity index (χ3v) is 4.97. The van der Waals surface area contributed by atoms with Crippen LogP contribution in [0.1, 0.15) is 26.7 Å². The van der Waals surface area contributed by atoms with E-state index in [9.17, 15) is 13.2 Å². The average Bonchev–Trinajstić information content (AvgIpc) is 2.53. The molecule has 0 saturated heterocycles. The number of nitrogens with zero attached hydrogens (tertiary/aromatic N) is 1. The van der Waals surface area contributed by atoms with Crippen molar-refractivity contribution in [1.29, 1.82) is 0 Å². The van der Waals surface area contributed by atoms with Gasteiger partial charge in [0, 0.05) is 25.1 Å². The summed E-state index contributed by atoms with van der Waals surface area (Å²) in [6, 6.07) is 5.03. The summed E-state index contributed by atoms with van der Waals surface area (Å²) in [4.78, 5) is 11.9. The molecular weight excluding hydrogens is 332 g/mol. The van der Waals surface area contributed by atoms with Gasteiger partial charge >= 0.3 is 0 Å². The highest BCUT2D eigenvalue weighted by Crippen LogP contribution is 2.34. The molecule has 0 spiro atoms. The van der Waals surface area contributed by atoms with E-state index in [4.69, 9.17) is 9.47 Å². The van der Waals surface area contributed by atoms with Gasteiger partial charge in [0.05, 0.1) is 11.9 Å². The molecule has 1 aromatic rings. The number of amides is 1. The van der Waals surface area contributed by atoms with Crippen LogP contribution < -0.4 is 19.1 Å². The first kappa shape index (κ1) is 18.4. The van der Waals surface area contributed by atoms with Gasteiger partial charge in [0.15, 0.2) is 11.5 Å². The summed E-state index contributed by atoms with van der Waals surface area (Å²) in [6.45, 7) is 4.85. The second-order valence-electron chi connectivity index (χ2n) is 5.79. The fourth-order valence-electron chi connectivity index (χ4n) is 2.33. The van der Waals surface area contributed by atoms with E-state index in [0.717, 1.165) is 12.7 Å². The molecule has 2 rings (SSSR count). The Labute approximate surface area is 143 Å². The zero-order valence-corrected chi connectivity index (χ0v) is 15.1. The largest absolute Gasteiger partial charge is 0.486 e. The molecule has 0 aromatic heterocycles. The van der Waals surface area contributed by atoms with Crippen LogP contribution >= 0.6 is 0 Å². The highest BCUT2D eigenvalue weighted by atomic mass is 32.2. The fourth-order valence-corrected chi connectivity index (χ4v) is 3.25. The number of nitrogens with one attached hydrogen (secondary N) is 1. The quantitative estimate of drug-likeness (QED) is 0.801. The van der Waals surface area contributed by atoms with Gasteiger partial charge in [0.2, 0.25) is 15.9 Å². The number of sulfonamides is 1. The summed E-state index contributed by atoms with van der Waals surface area (Å²) in [5.41, 5.74) is 0.457. The number of carbonyl (C=O) groups is 1. The summed E-state index contributed by atoms with van der Waals surface area (Å²) >= 11 is 0. The Balaban J connectivity index is 2.13. The number of rotatable bonds is 7. The molecule has 8 heteroatoms. The zero-order valence-electron chi connectivity index (χ0n) is 14.2. The maximum absolute atomic E-state index is 12.1. The fraction of sp³-hybridized carbons (Fsp3) is 0.562. The van der Waals surface area contributed by atoms with E-state index in [2.05, 4.69) is 5.32 Å². The standard InChI is InChI=1S/C16H24N2O5S/c1-4-12(2)17-16(19)7-8-18(24(3,20)21)13-5-6-14-15(11-13)23-10-9-22-14/h5-6,11-12H,4,7-10H2,1-3H3,(H,17,19). The van der Waals surface area contributed by atoms with Gasteiger partial charge in [-0.1, -0.05) is 6.92 Å². The van der Waals surface area contributed by atoms with Gasteiger partial charge in [-0.05, 0) is 25.5 Å². The van der Waals surface area contributed by atoms with Gasteiger partial charge in [0.25, 0.3) is 0 Å². The van der Waals surface area contributed by atoms with E-state index in [1.54, 1.807) is 18.2 Å². The van der Waals surface area contributed by atoms with Crippen LogP contribution in [0.25, 0.3) is 0 Å². The average molecular weight is 356 g/mol. The number of benzene rings is 1. The van der Waals surface area contributed by atoms with Crippen LogP contribution in [0.2, 0.25) is 0 Å². The summed E-state index contributed by atoms with van der Waals surface area (Å²) in [5, 5.41) is 2.83. The molecule has 1 aliphatic rings. The second-order valence-corrected chi connectivity index (χ2v) is 7.70. The molecule has 0 bridgehead atoms. The molecule has 134 valence electrons. The topological polar surface area (TPSA) is 84.9 Å². The first-order valence-corrected chi connectivity index (χ1v) is 9.82. The van der Waals surface area contributed by atoms with Crippen LogP contribution in [0.4, 0.5) is 5.69 Å². The molecule has 0 fully saturated rings. The molecular formula is C16H24N2O5S. The van der Waals surface area contributed by atoms with Gasteiger partial charge in [-0.2, -0.15) is 0 Å². The lowest BCUT2D eigenvalue weighted by Crippen LogP contribution is -2.37. The van der Waals surface area contributed by atoms with Crippen LogP contribution in [0.3, 0.4) is 0 Å². The van der Waals surface area contributed by atoms with E-state index in [-0.39, 0.29) is 24.9 Å². The Hall–Kier alpha value is -1.96. The Kier molecular flexibility index (Phi) is 5.93. The highest BCUT2D eigenvalue weighted by Gasteiger charge is 2.21. The third kappa shape index (κ3) is 4.77. The number of carbonyl (C=O) groups excluding carboxylic acids is 1. The van der Waals surface area contributed by atoms with E-state index in [1.807, 2.05) is 13.8 Å². The second kappa shape index (κ2) is 7.74. The molecule has 1 amide bonds. The molecule has 1 aromatic carbocycles. The number of hydrogen-bond donors (Lipinski definition) is 1. The van der Waals surface area contributed by atoms with Crippen molar-refractivity contribution in [3.05, 3.63) is 18.2 Å². The minimum Gasteiger partial charge on any atom is -0.486 e. The summed E-state index contributed by atoms with van der Waals surface area (Å²) < 4.78 is 36.4. The number of hydrogen-bond acceptors (Lipinski definition) is 5. The van der Waals surface area contributed by atoms with Crippen LogP contribution in [-0.2, 0) is 14.8 Å². The lowest BCUT2D eigenvalue weighted by atomic mass is 10.2. The summed E-state index contributed by atoms with van der Waals surface area (Å²) in [6.07, 6.45) is 2.03. The van der Waals surface area contributed by atoms with Crippen LogP contribution in [0.15, 0.2) is 18.2 Å². The number of fused-ring (bicyclic) bond motifs is 1. The van der Waals surface area contributed by atoms with Crippen LogP contribution in [0, 0.1) is 0 Å². The normalized spacial score (nSPS) is 14.8. The van der Waals surface area contributed by atoms with Gasteiger partial charge in [-0.25, -0.2) is 8.42 Å². The number of ether oxygens (including phenoxy) is 2. The first-order valence-electron chi connectivity index (χ1n) is 7.98. The Bertz CT molecular complexity index is 690. The van der Waals surface area contributed by atoms with E-state index < -0.39 is 10.0 Å². The van der Waals surface area contributed by atoms with Crippen LogP contribution in [-0.4, -0.2) is 46.4 Å². The van der Waals surface area contributed by atoms with Gasteiger partial charge < -0.3 is 14.8 Å². The summed E-state index contributed by atoms with van der Waals surface area (Å²) in [5.74, 6) is 0.931. The van der Waals surface area contributed by atoms with E-state index in [0.29, 0.717) is 30.4 Å². The molecule has 1 heterocycles. The van der Waals surface area contributed by atoms with Gasteiger partial charge in [-0.3, -0.25) is 9.10 Å². The molecule has 7 nitrogen and oxygen atoms in total. The van der Waals surface area contributed by atoms with Crippen molar-refractivity contribution in [1.82, 2.24) is 5.32 Å². The van der Waals surface area contributed by atoms with Crippen molar-refractivity contribution in [2.75, 3.05) is 30.3 Å². The monoisotopic (exact) mass is 356 g/mol. The first-order chi connectivity index (χ1) is 11.3. The molecule has 1 unspecified atom stereocenters. The lowest BCUT2D eigenvalue weighted by molar-refractivity contribution is -0.121. The van der Waals surface area contributed by atoms with Crippen molar-refractivity contribution in [2.24, 2.45) is 0 Å². The Morgan fingerprint density at radius 3 is 2.58 bits per heavy atom. The summed E-state index contributed by atoms with van der Waals surface area (Å²) in [7, 11) is -3.52. The van der Waals surface area contributed by atoms with Gasteiger partial charge in [0.1, 0.15) is 13.2 Å². The van der Waals surface area contributed by atoms with E-state index >= 15 is 0 Å². The molecule has 1 N–H and O–H groups in total. The van der Waals surface area contributed by atoms with E-state index in [1.165, 1.54) is 4.31 Å². The van der Waals surface area contributed by atoms with Crippen molar-refractivity contribution in [2.45, 2.75) is 32.7 Å². The molecule has 0 radical (unpaired) electrons. The van der Waals surface area contributed by atoms with Crippen LogP contribution in [0.5, 0.6) is 11.5 Å². The third-order valence-electron chi connectivity index (χ3n) is 3.78. The molecule has 24 heavy (non-hydrogen) atoms. The zero-order chi connectivity index (χ0) is 17.7.